The van der Waals surface area contributed by atoms with Crippen LogP contribution in [0.4, 0.5) is 0 Å². The molecule has 0 radical (unpaired) electrons. The predicted molar refractivity (Wildman–Crippen MR) is 77.8 cm³/mol. The van der Waals surface area contributed by atoms with Gasteiger partial charge in [-0.1, -0.05) is 12.1 Å². The summed E-state index contributed by atoms with van der Waals surface area (Å²) in [5.41, 5.74) is 2.18. The highest BCUT2D eigenvalue weighted by Gasteiger charge is 2.18. The van der Waals surface area contributed by atoms with Crippen LogP contribution >= 0.6 is 15.9 Å². The molecule has 20 heavy (non-hydrogen) atoms. The Balaban J connectivity index is 1.97. The number of rotatable bonds is 3. The highest BCUT2D eigenvalue weighted by Crippen LogP contribution is 2.25. The van der Waals surface area contributed by atoms with E-state index in [1.807, 2.05) is 13.1 Å². The van der Waals surface area contributed by atoms with E-state index in [0.29, 0.717) is 24.7 Å². The number of nitrogens with zero attached hydrogens (tertiary/aromatic N) is 3. The van der Waals surface area contributed by atoms with Crippen molar-refractivity contribution in [3.05, 3.63) is 43.9 Å². The van der Waals surface area contributed by atoms with E-state index >= 15 is 0 Å². The van der Waals surface area contributed by atoms with Crippen LogP contribution in [0.15, 0.2) is 20.0 Å². The maximum atomic E-state index is 12.5. The summed E-state index contributed by atoms with van der Waals surface area (Å²) in [5, 5.41) is 3.90. The predicted octanol–water partition coefficient (Wildman–Crippen LogP) is 2.48. The van der Waals surface area contributed by atoms with Gasteiger partial charge in [0.1, 0.15) is 0 Å². The quantitative estimate of drug-likeness (QED) is 0.863. The van der Waals surface area contributed by atoms with Crippen molar-refractivity contribution in [2.45, 2.75) is 45.6 Å². The van der Waals surface area contributed by atoms with Gasteiger partial charge in [0, 0.05) is 22.7 Å². The molecule has 2 heterocycles. The molecule has 1 aliphatic rings. The van der Waals surface area contributed by atoms with Crippen LogP contribution in [0.5, 0.6) is 0 Å². The Kier molecular flexibility index (Phi) is 3.74. The molecule has 6 heteroatoms. The number of fused-ring (bicyclic) bond motifs is 1. The third-order valence-corrected chi connectivity index (χ3v) is 4.35. The van der Waals surface area contributed by atoms with Crippen molar-refractivity contribution in [1.29, 1.82) is 0 Å². The first kappa shape index (κ1) is 13.5. The van der Waals surface area contributed by atoms with Gasteiger partial charge in [-0.05, 0) is 47.2 Å². The Morgan fingerprint density at radius 2 is 2.10 bits per heavy atom. The molecule has 0 saturated heterocycles. The van der Waals surface area contributed by atoms with Crippen LogP contribution in [0.2, 0.25) is 0 Å². The Morgan fingerprint density at radius 1 is 1.35 bits per heavy atom. The molecule has 0 unspecified atom stereocenters. The van der Waals surface area contributed by atoms with Crippen LogP contribution in [0.1, 0.15) is 42.6 Å². The van der Waals surface area contributed by atoms with E-state index in [9.17, 15) is 4.79 Å². The zero-order chi connectivity index (χ0) is 14.1. The SMILES string of the molecule is CCc1nc(Cn2cc(Br)c3c(c2=O)CCCC3)no1. The summed E-state index contributed by atoms with van der Waals surface area (Å²) in [5.74, 6) is 1.15. The summed E-state index contributed by atoms with van der Waals surface area (Å²) in [7, 11) is 0. The zero-order valence-corrected chi connectivity index (χ0v) is 12.9. The molecule has 0 atom stereocenters. The van der Waals surface area contributed by atoms with Gasteiger partial charge in [0.05, 0.1) is 6.54 Å². The summed E-state index contributed by atoms with van der Waals surface area (Å²) in [4.78, 5) is 16.8. The normalized spacial score (nSPS) is 14.3. The minimum atomic E-state index is 0.0748. The number of aryl methyl sites for hydroxylation is 1. The highest BCUT2D eigenvalue weighted by atomic mass is 79.9. The van der Waals surface area contributed by atoms with E-state index in [1.54, 1.807) is 4.57 Å². The van der Waals surface area contributed by atoms with Gasteiger partial charge >= 0.3 is 0 Å². The fraction of sp³-hybridized carbons (Fsp3) is 0.500. The molecule has 2 aromatic heterocycles. The van der Waals surface area contributed by atoms with Crippen LogP contribution in [-0.2, 0) is 25.8 Å². The molecule has 106 valence electrons. The smallest absolute Gasteiger partial charge is 0.254 e. The molecule has 5 nitrogen and oxygen atoms in total. The van der Waals surface area contributed by atoms with E-state index in [4.69, 9.17) is 4.52 Å². The molecule has 0 saturated carbocycles. The first-order valence-electron chi connectivity index (χ1n) is 6.91. The topological polar surface area (TPSA) is 60.9 Å². The minimum absolute atomic E-state index is 0.0748. The van der Waals surface area contributed by atoms with Crippen molar-refractivity contribution in [1.82, 2.24) is 14.7 Å². The van der Waals surface area contributed by atoms with Gasteiger partial charge in [-0.25, -0.2) is 0 Å². The van der Waals surface area contributed by atoms with E-state index in [-0.39, 0.29) is 5.56 Å². The largest absolute Gasteiger partial charge is 0.339 e. The molecule has 0 aliphatic heterocycles. The third-order valence-electron chi connectivity index (χ3n) is 3.67. The van der Waals surface area contributed by atoms with E-state index < -0.39 is 0 Å². The Morgan fingerprint density at radius 3 is 2.80 bits per heavy atom. The molecule has 2 aromatic rings. The van der Waals surface area contributed by atoms with Gasteiger partial charge in [0.15, 0.2) is 5.82 Å². The van der Waals surface area contributed by atoms with Crippen molar-refractivity contribution in [3.63, 3.8) is 0 Å². The second-order valence-electron chi connectivity index (χ2n) is 5.03. The fourth-order valence-corrected chi connectivity index (χ4v) is 3.30. The average Bonchev–Trinajstić information content (AvgIpc) is 2.92. The van der Waals surface area contributed by atoms with Crippen molar-refractivity contribution in [2.75, 3.05) is 0 Å². The summed E-state index contributed by atoms with van der Waals surface area (Å²) in [6.45, 7) is 2.31. The Bertz CT molecular complexity index is 690. The van der Waals surface area contributed by atoms with Gasteiger partial charge in [-0.15, -0.1) is 0 Å². The molecule has 0 fully saturated rings. The summed E-state index contributed by atoms with van der Waals surface area (Å²) < 4.78 is 7.75. The van der Waals surface area contributed by atoms with Crippen molar-refractivity contribution in [3.8, 4) is 0 Å². The minimum Gasteiger partial charge on any atom is -0.339 e. The van der Waals surface area contributed by atoms with Crippen LogP contribution in [-0.4, -0.2) is 14.7 Å². The molecule has 1 aliphatic carbocycles. The molecular weight excluding hydrogens is 322 g/mol. The van der Waals surface area contributed by atoms with E-state index in [0.717, 1.165) is 35.7 Å². The van der Waals surface area contributed by atoms with Crippen molar-refractivity contribution < 1.29 is 4.52 Å². The van der Waals surface area contributed by atoms with Gasteiger partial charge in [0.2, 0.25) is 5.89 Å². The standard InChI is InChI=1S/C14H16BrN3O2/c1-2-13-16-12(17-20-13)8-18-7-11(15)9-5-3-4-6-10(9)14(18)19/h7H,2-6,8H2,1H3. The second-order valence-corrected chi connectivity index (χ2v) is 5.89. The van der Waals surface area contributed by atoms with Crippen molar-refractivity contribution >= 4 is 15.9 Å². The highest BCUT2D eigenvalue weighted by molar-refractivity contribution is 9.10. The van der Waals surface area contributed by atoms with Gasteiger partial charge in [0.25, 0.3) is 5.56 Å². The summed E-state index contributed by atoms with van der Waals surface area (Å²) in [6.07, 6.45) is 6.62. The van der Waals surface area contributed by atoms with E-state index in [1.165, 1.54) is 5.56 Å². The number of pyridine rings is 1. The lowest BCUT2D eigenvalue weighted by Gasteiger charge is -2.18. The zero-order valence-electron chi connectivity index (χ0n) is 11.4. The number of halogens is 1. The lowest BCUT2D eigenvalue weighted by Crippen LogP contribution is -2.28. The average molecular weight is 338 g/mol. The molecular formula is C14H16BrN3O2. The summed E-state index contributed by atoms with van der Waals surface area (Å²) >= 11 is 3.58. The maximum Gasteiger partial charge on any atom is 0.254 e. The van der Waals surface area contributed by atoms with Gasteiger partial charge in [-0.2, -0.15) is 4.98 Å². The molecule has 0 bridgehead atoms. The van der Waals surface area contributed by atoms with Crippen molar-refractivity contribution in [2.24, 2.45) is 0 Å². The number of aromatic nitrogens is 3. The number of hydrogen-bond donors (Lipinski definition) is 0. The maximum absolute atomic E-state index is 12.5. The first-order valence-corrected chi connectivity index (χ1v) is 7.70. The van der Waals surface area contributed by atoms with Crippen LogP contribution in [0.3, 0.4) is 0 Å². The lowest BCUT2D eigenvalue weighted by atomic mass is 9.93. The second kappa shape index (κ2) is 5.52. The Labute approximate surface area is 125 Å². The molecule has 0 spiro atoms. The van der Waals surface area contributed by atoms with E-state index in [2.05, 4.69) is 26.1 Å². The third kappa shape index (κ3) is 2.44. The fourth-order valence-electron chi connectivity index (χ4n) is 2.62. The molecule has 0 N–H and O–H groups in total. The first-order chi connectivity index (χ1) is 9.69. The van der Waals surface area contributed by atoms with Crippen LogP contribution in [0, 0.1) is 0 Å². The Hall–Kier alpha value is -1.43. The number of hydrogen-bond acceptors (Lipinski definition) is 4. The molecule has 0 aromatic carbocycles. The molecule has 0 amide bonds. The monoisotopic (exact) mass is 337 g/mol. The molecule has 3 rings (SSSR count). The van der Waals surface area contributed by atoms with Gasteiger partial charge < -0.3 is 9.09 Å². The lowest BCUT2D eigenvalue weighted by molar-refractivity contribution is 0.375. The van der Waals surface area contributed by atoms with Gasteiger partial charge in [-0.3, -0.25) is 4.79 Å². The summed E-state index contributed by atoms with van der Waals surface area (Å²) in [6, 6.07) is 0. The van der Waals surface area contributed by atoms with Crippen LogP contribution < -0.4 is 5.56 Å². The van der Waals surface area contributed by atoms with Crippen LogP contribution in [0.25, 0.3) is 0 Å².